The first kappa shape index (κ1) is 17.8. The topological polar surface area (TPSA) is 98.1 Å². The lowest BCUT2D eigenvalue weighted by atomic mass is 10.2. The molecule has 0 unspecified atom stereocenters. The molecule has 0 aliphatic heterocycles. The molecule has 24 heavy (non-hydrogen) atoms. The number of carbonyl (C=O) groups is 2. The number of aromatic nitrogens is 3. The molecule has 1 atom stereocenters. The molecule has 0 radical (unpaired) electrons. The number of methoxy groups -OCH3 is 1. The fourth-order valence-corrected chi connectivity index (χ4v) is 2.78. The van der Waals surface area contributed by atoms with Crippen molar-refractivity contribution in [2.75, 3.05) is 14.2 Å². The molecule has 1 aromatic carbocycles. The summed E-state index contributed by atoms with van der Waals surface area (Å²) in [4.78, 5) is 23.1. The molecule has 8 nitrogen and oxygen atoms in total. The van der Waals surface area contributed by atoms with Crippen molar-refractivity contribution in [3.05, 3.63) is 24.3 Å². The van der Waals surface area contributed by atoms with Crippen molar-refractivity contribution in [2.45, 2.75) is 17.3 Å². The van der Waals surface area contributed by atoms with Crippen molar-refractivity contribution in [1.82, 2.24) is 25.4 Å². The standard InChI is InChI=1S/C15H19N5O3S/c1-9(13(21)17-14(22)16-2)24-15-19-18-12(20(15)3)10-7-5-6-8-11(10)23-4/h5-9H,1-4H3,(H2,16,17,21,22)/t9-/m0/s1. The fourth-order valence-electron chi connectivity index (χ4n) is 1.97. The first-order chi connectivity index (χ1) is 11.5. The van der Waals surface area contributed by atoms with Crippen LogP contribution in [-0.2, 0) is 11.8 Å². The van der Waals surface area contributed by atoms with E-state index in [1.165, 1.54) is 18.8 Å². The molecule has 1 aromatic heterocycles. The minimum Gasteiger partial charge on any atom is -0.496 e. The Morgan fingerprint density at radius 2 is 2.00 bits per heavy atom. The maximum Gasteiger partial charge on any atom is 0.321 e. The minimum absolute atomic E-state index is 0.402. The van der Waals surface area contributed by atoms with Crippen LogP contribution in [0.5, 0.6) is 5.75 Å². The average Bonchev–Trinajstić information content (AvgIpc) is 2.95. The largest absolute Gasteiger partial charge is 0.496 e. The molecule has 1 heterocycles. The van der Waals surface area contributed by atoms with Crippen LogP contribution in [0.4, 0.5) is 4.79 Å². The molecule has 128 valence electrons. The molecule has 0 aliphatic carbocycles. The monoisotopic (exact) mass is 349 g/mol. The molecule has 0 fully saturated rings. The second-order valence-corrected chi connectivity index (χ2v) is 6.20. The Balaban J connectivity index is 2.18. The highest BCUT2D eigenvalue weighted by Crippen LogP contribution is 2.30. The molecule has 9 heteroatoms. The summed E-state index contributed by atoms with van der Waals surface area (Å²) in [6.07, 6.45) is 0. The van der Waals surface area contributed by atoms with Gasteiger partial charge in [-0.1, -0.05) is 23.9 Å². The molecular formula is C15H19N5O3S. The maximum absolute atomic E-state index is 11.9. The summed E-state index contributed by atoms with van der Waals surface area (Å²) in [6.45, 7) is 1.69. The van der Waals surface area contributed by atoms with Gasteiger partial charge in [0.25, 0.3) is 0 Å². The number of para-hydroxylation sites is 1. The predicted molar refractivity (Wildman–Crippen MR) is 90.9 cm³/mol. The lowest BCUT2D eigenvalue weighted by Gasteiger charge is -2.11. The van der Waals surface area contributed by atoms with Crippen molar-refractivity contribution in [3.63, 3.8) is 0 Å². The van der Waals surface area contributed by atoms with Crippen LogP contribution < -0.4 is 15.4 Å². The number of nitrogens with zero attached hydrogens (tertiary/aromatic N) is 3. The Bertz CT molecular complexity index is 746. The highest BCUT2D eigenvalue weighted by Gasteiger charge is 2.21. The number of thioether (sulfide) groups is 1. The van der Waals surface area contributed by atoms with E-state index in [1.54, 1.807) is 18.6 Å². The molecule has 2 aromatic rings. The number of rotatable bonds is 5. The van der Waals surface area contributed by atoms with Crippen LogP contribution in [-0.4, -0.2) is 46.1 Å². The average molecular weight is 349 g/mol. The van der Waals surface area contributed by atoms with Gasteiger partial charge in [0.1, 0.15) is 5.75 Å². The minimum atomic E-state index is -0.542. The molecule has 0 bridgehead atoms. The van der Waals surface area contributed by atoms with Gasteiger partial charge in [0.2, 0.25) is 5.91 Å². The smallest absolute Gasteiger partial charge is 0.321 e. The van der Waals surface area contributed by atoms with Crippen LogP contribution in [0.15, 0.2) is 29.4 Å². The van der Waals surface area contributed by atoms with Gasteiger partial charge >= 0.3 is 6.03 Å². The van der Waals surface area contributed by atoms with E-state index in [0.717, 1.165) is 5.56 Å². The van der Waals surface area contributed by atoms with Gasteiger partial charge in [-0.3, -0.25) is 10.1 Å². The van der Waals surface area contributed by atoms with E-state index in [2.05, 4.69) is 20.8 Å². The van der Waals surface area contributed by atoms with Gasteiger partial charge in [-0.15, -0.1) is 10.2 Å². The number of ether oxygens (including phenoxy) is 1. The van der Waals surface area contributed by atoms with Gasteiger partial charge < -0.3 is 14.6 Å². The van der Waals surface area contributed by atoms with Crippen LogP contribution in [0.25, 0.3) is 11.4 Å². The van der Waals surface area contributed by atoms with Gasteiger partial charge in [-0.25, -0.2) is 4.79 Å². The Morgan fingerprint density at radius 1 is 1.29 bits per heavy atom. The molecule has 0 saturated carbocycles. The summed E-state index contributed by atoms with van der Waals surface area (Å²) in [7, 11) is 4.85. The second-order valence-electron chi connectivity index (χ2n) is 4.89. The van der Waals surface area contributed by atoms with E-state index in [0.29, 0.717) is 16.7 Å². The number of benzene rings is 1. The highest BCUT2D eigenvalue weighted by molar-refractivity contribution is 8.00. The number of nitrogens with one attached hydrogen (secondary N) is 2. The molecule has 0 saturated heterocycles. The van der Waals surface area contributed by atoms with E-state index in [1.807, 2.05) is 31.3 Å². The maximum atomic E-state index is 11.9. The third-order valence-corrected chi connectivity index (χ3v) is 4.43. The van der Waals surface area contributed by atoms with Crippen LogP contribution >= 0.6 is 11.8 Å². The SMILES string of the molecule is CNC(=O)NC(=O)[C@H](C)Sc1nnc(-c2ccccc2OC)n1C. The Morgan fingerprint density at radius 3 is 2.67 bits per heavy atom. The Kier molecular flexibility index (Phi) is 5.80. The van der Waals surface area contributed by atoms with Crippen LogP contribution in [0.1, 0.15) is 6.92 Å². The zero-order chi connectivity index (χ0) is 17.7. The van der Waals surface area contributed by atoms with Crippen molar-refractivity contribution >= 4 is 23.7 Å². The third kappa shape index (κ3) is 3.85. The zero-order valence-corrected chi connectivity index (χ0v) is 14.7. The van der Waals surface area contributed by atoms with Crippen molar-refractivity contribution in [3.8, 4) is 17.1 Å². The van der Waals surface area contributed by atoms with E-state index in [-0.39, 0.29) is 0 Å². The molecule has 2 rings (SSSR count). The number of hydrogen-bond donors (Lipinski definition) is 2. The first-order valence-corrected chi connectivity index (χ1v) is 8.08. The molecule has 0 aliphatic rings. The van der Waals surface area contributed by atoms with Crippen molar-refractivity contribution in [2.24, 2.45) is 7.05 Å². The normalized spacial score (nSPS) is 11.7. The third-order valence-electron chi connectivity index (χ3n) is 3.30. The van der Waals surface area contributed by atoms with E-state index in [4.69, 9.17) is 4.74 Å². The predicted octanol–water partition coefficient (Wildman–Crippen LogP) is 1.43. The molecule has 0 spiro atoms. The quantitative estimate of drug-likeness (QED) is 0.793. The van der Waals surface area contributed by atoms with Crippen LogP contribution in [0.3, 0.4) is 0 Å². The van der Waals surface area contributed by atoms with Gasteiger partial charge in [-0.2, -0.15) is 0 Å². The number of urea groups is 1. The lowest BCUT2D eigenvalue weighted by molar-refractivity contribution is -0.119. The fraction of sp³-hybridized carbons (Fsp3) is 0.333. The molecule has 3 amide bonds. The summed E-state index contributed by atoms with van der Waals surface area (Å²) in [5, 5.41) is 13.0. The lowest BCUT2D eigenvalue weighted by Crippen LogP contribution is -2.41. The summed E-state index contributed by atoms with van der Waals surface area (Å²) in [5.41, 5.74) is 0.810. The summed E-state index contributed by atoms with van der Waals surface area (Å²) < 4.78 is 7.13. The zero-order valence-electron chi connectivity index (χ0n) is 13.9. The van der Waals surface area contributed by atoms with Gasteiger partial charge in [0, 0.05) is 14.1 Å². The second kappa shape index (κ2) is 7.82. The van der Waals surface area contributed by atoms with Gasteiger partial charge in [0.05, 0.1) is 17.9 Å². The van der Waals surface area contributed by atoms with Crippen molar-refractivity contribution < 1.29 is 14.3 Å². The molecular weight excluding hydrogens is 330 g/mol. The first-order valence-electron chi connectivity index (χ1n) is 7.20. The summed E-state index contributed by atoms with van der Waals surface area (Å²) >= 11 is 1.22. The summed E-state index contributed by atoms with van der Waals surface area (Å²) in [6, 6.07) is 6.95. The van der Waals surface area contributed by atoms with Gasteiger partial charge in [-0.05, 0) is 19.1 Å². The van der Waals surface area contributed by atoms with Crippen molar-refractivity contribution in [1.29, 1.82) is 0 Å². The highest BCUT2D eigenvalue weighted by atomic mass is 32.2. The van der Waals surface area contributed by atoms with Crippen LogP contribution in [0.2, 0.25) is 0 Å². The number of amides is 3. The van der Waals surface area contributed by atoms with Gasteiger partial charge in [0.15, 0.2) is 11.0 Å². The number of hydrogen-bond acceptors (Lipinski definition) is 6. The van der Waals surface area contributed by atoms with E-state index < -0.39 is 17.2 Å². The number of carbonyl (C=O) groups excluding carboxylic acids is 2. The van der Waals surface area contributed by atoms with E-state index in [9.17, 15) is 9.59 Å². The van der Waals surface area contributed by atoms with Crippen LogP contribution in [0, 0.1) is 0 Å². The number of imide groups is 1. The molecule has 2 N–H and O–H groups in total. The van der Waals surface area contributed by atoms with E-state index >= 15 is 0 Å². The Hall–Kier alpha value is -2.55. The summed E-state index contributed by atoms with van der Waals surface area (Å²) in [5.74, 6) is 0.921. The Labute approximate surface area is 144 Å².